The molecule has 0 aliphatic carbocycles. The van der Waals surface area contributed by atoms with Crippen molar-refractivity contribution in [2.45, 2.75) is 39.2 Å². The molecule has 1 aromatic rings. The van der Waals surface area contributed by atoms with E-state index in [1.165, 1.54) is 0 Å². The lowest BCUT2D eigenvalue weighted by atomic mass is 9.98. The lowest BCUT2D eigenvalue weighted by Gasteiger charge is -2.13. The molecular weight excluding hydrogens is 198 g/mol. The Morgan fingerprint density at radius 1 is 1.13 bits per heavy atom. The fourth-order valence-electron chi connectivity index (χ4n) is 1.65. The van der Waals surface area contributed by atoms with Gasteiger partial charge in [0.1, 0.15) is 6.10 Å². The third kappa shape index (κ3) is 2.75. The summed E-state index contributed by atoms with van der Waals surface area (Å²) in [6.45, 7) is 4.00. The van der Waals surface area contributed by atoms with E-state index in [4.69, 9.17) is 0 Å². The summed E-state index contributed by atoms with van der Waals surface area (Å²) in [6.07, 6.45) is -2.70. The van der Waals surface area contributed by atoms with E-state index in [0.717, 1.165) is 24.0 Å². The summed E-state index contributed by atoms with van der Waals surface area (Å²) >= 11 is 0. The Morgan fingerprint density at radius 2 is 1.73 bits per heavy atom. The molecule has 0 saturated heterocycles. The van der Waals surface area contributed by atoms with Crippen LogP contribution >= 0.6 is 0 Å². The maximum absolute atomic E-state index is 12.3. The van der Waals surface area contributed by atoms with Gasteiger partial charge in [0.25, 0.3) is 6.43 Å². The molecule has 0 spiro atoms. The predicted octanol–water partition coefficient (Wildman–Crippen LogP) is 3.11. The normalized spacial score (nSPS) is 13.2. The maximum atomic E-state index is 12.3. The second-order valence-corrected chi connectivity index (χ2v) is 3.51. The first-order valence-corrected chi connectivity index (χ1v) is 5.18. The molecule has 1 N–H and O–H groups in total. The van der Waals surface area contributed by atoms with Crippen LogP contribution in [0, 0.1) is 0 Å². The van der Waals surface area contributed by atoms with E-state index in [9.17, 15) is 13.9 Å². The summed E-state index contributed by atoms with van der Waals surface area (Å²) < 4.78 is 24.6. The van der Waals surface area contributed by atoms with E-state index < -0.39 is 12.5 Å². The number of benzene rings is 1. The first-order chi connectivity index (χ1) is 7.10. The van der Waals surface area contributed by atoms with E-state index in [2.05, 4.69) is 0 Å². The Labute approximate surface area is 88.7 Å². The summed E-state index contributed by atoms with van der Waals surface area (Å²) in [7, 11) is 0. The molecule has 0 aromatic heterocycles. The van der Waals surface area contributed by atoms with Gasteiger partial charge < -0.3 is 5.11 Å². The molecule has 0 bridgehead atoms. The monoisotopic (exact) mass is 214 g/mol. The minimum absolute atomic E-state index is 0.305. The first-order valence-electron chi connectivity index (χ1n) is 5.18. The van der Waals surface area contributed by atoms with Gasteiger partial charge >= 0.3 is 0 Å². The van der Waals surface area contributed by atoms with Crippen LogP contribution < -0.4 is 0 Å². The van der Waals surface area contributed by atoms with Crippen LogP contribution in [0.25, 0.3) is 0 Å². The van der Waals surface area contributed by atoms with E-state index in [-0.39, 0.29) is 0 Å². The third-order valence-corrected chi connectivity index (χ3v) is 2.57. The average Bonchev–Trinajstić information content (AvgIpc) is 2.26. The van der Waals surface area contributed by atoms with Gasteiger partial charge in [-0.25, -0.2) is 8.78 Å². The first kappa shape index (κ1) is 12.1. The zero-order valence-electron chi connectivity index (χ0n) is 9.00. The zero-order valence-corrected chi connectivity index (χ0v) is 9.00. The molecule has 0 saturated carbocycles. The average molecular weight is 214 g/mol. The van der Waals surface area contributed by atoms with Gasteiger partial charge in [-0.3, -0.25) is 0 Å². The van der Waals surface area contributed by atoms with E-state index >= 15 is 0 Å². The maximum Gasteiger partial charge on any atom is 0.268 e. The summed E-state index contributed by atoms with van der Waals surface area (Å²) in [5.74, 6) is 0. The van der Waals surface area contributed by atoms with Gasteiger partial charge in [-0.15, -0.1) is 0 Å². The van der Waals surface area contributed by atoms with Crippen molar-refractivity contribution in [1.82, 2.24) is 0 Å². The number of aryl methyl sites for hydroxylation is 2. The topological polar surface area (TPSA) is 20.2 Å². The number of halogens is 2. The standard InChI is InChI=1S/C12H16F2O/c1-3-8-5-6-10(7-9(8)4-2)11(15)12(13)14/h5-7,11-12,15H,3-4H2,1-2H3. The highest BCUT2D eigenvalue weighted by molar-refractivity contribution is 5.33. The van der Waals surface area contributed by atoms with Crippen LogP contribution in [0.15, 0.2) is 18.2 Å². The fourth-order valence-corrected chi connectivity index (χ4v) is 1.65. The van der Waals surface area contributed by atoms with Crippen molar-refractivity contribution in [2.75, 3.05) is 0 Å². The van der Waals surface area contributed by atoms with Crippen molar-refractivity contribution in [3.63, 3.8) is 0 Å². The predicted molar refractivity (Wildman–Crippen MR) is 56.2 cm³/mol. The molecule has 1 atom stereocenters. The van der Waals surface area contributed by atoms with Crippen molar-refractivity contribution >= 4 is 0 Å². The quantitative estimate of drug-likeness (QED) is 0.816. The van der Waals surface area contributed by atoms with Gasteiger partial charge in [0.15, 0.2) is 0 Å². The number of alkyl halides is 2. The molecule has 0 heterocycles. The molecule has 0 fully saturated rings. The highest BCUT2D eigenvalue weighted by Crippen LogP contribution is 2.23. The molecular formula is C12H16F2O. The Morgan fingerprint density at radius 3 is 2.20 bits per heavy atom. The van der Waals surface area contributed by atoms with Gasteiger partial charge in [-0.05, 0) is 29.5 Å². The van der Waals surface area contributed by atoms with E-state index in [0.29, 0.717) is 5.56 Å². The van der Waals surface area contributed by atoms with Crippen LogP contribution in [0.5, 0.6) is 0 Å². The van der Waals surface area contributed by atoms with Gasteiger partial charge in [-0.2, -0.15) is 0 Å². The summed E-state index contributed by atoms with van der Waals surface area (Å²) in [6, 6.07) is 5.07. The molecule has 1 aromatic carbocycles. The minimum atomic E-state index is -2.72. The van der Waals surface area contributed by atoms with E-state index in [1.54, 1.807) is 12.1 Å². The number of hydrogen-bond donors (Lipinski definition) is 1. The highest BCUT2D eigenvalue weighted by Gasteiger charge is 2.19. The summed E-state index contributed by atoms with van der Waals surface area (Å²) in [5.41, 5.74) is 2.50. The van der Waals surface area contributed by atoms with Crippen LogP contribution in [0.3, 0.4) is 0 Å². The van der Waals surface area contributed by atoms with Crippen molar-refractivity contribution in [1.29, 1.82) is 0 Å². The smallest absolute Gasteiger partial charge is 0.268 e. The van der Waals surface area contributed by atoms with Gasteiger partial charge in [0.05, 0.1) is 0 Å². The molecule has 1 rings (SSSR count). The summed E-state index contributed by atoms with van der Waals surface area (Å²) in [4.78, 5) is 0. The number of aliphatic hydroxyl groups is 1. The zero-order chi connectivity index (χ0) is 11.4. The fraction of sp³-hybridized carbons (Fsp3) is 0.500. The van der Waals surface area contributed by atoms with Crippen LogP contribution in [0.1, 0.15) is 36.6 Å². The molecule has 3 heteroatoms. The Kier molecular flexibility index (Phi) is 4.21. The lowest BCUT2D eigenvalue weighted by molar-refractivity contribution is -0.00582. The van der Waals surface area contributed by atoms with Gasteiger partial charge in [-0.1, -0.05) is 32.0 Å². The molecule has 15 heavy (non-hydrogen) atoms. The second kappa shape index (κ2) is 5.21. The number of hydrogen-bond acceptors (Lipinski definition) is 1. The Balaban J connectivity index is 3.02. The molecule has 0 amide bonds. The van der Waals surface area contributed by atoms with Gasteiger partial charge in [0, 0.05) is 0 Å². The number of rotatable bonds is 4. The summed E-state index contributed by atoms with van der Waals surface area (Å²) in [5, 5.41) is 9.23. The third-order valence-electron chi connectivity index (χ3n) is 2.57. The van der Waals surface area contributed by atoms with Crippen LogP contribution in [0.2, 0.25) is 0 Å². The molecule has 0 radical (unpaired) electrons. The van der Waals surface area contributed by atoms with Crippen LogP contribution in [-0.4, -0.2) is 11.5 Å². The largest absolute Gasteiger partial charge is 0.382 e. The molecule has 0 aliphatic heterocycles. The SMILES string of the molecule is CCc1ccc(C(O)C(F)F)cc1CC. The van der Waals surface area contributed by atoms with Crippen LogP contribution in [-0.2, 0) is 12.8 Å². The van der Waals surface area contributed by atoms with Crippen molar-refractivity contribution in [2.24, 2.45) is 0 Å². The molecule has 1 nitrogen and oxygen atoms in total. The van der Waals surface area contributed by atoms with Crippen molar-refractivity contribution < 1.29 is 13.9 Å². The number of aliphatic hydroxyl groups excluding tert-OH is 1. The van der Waals surface area contributed by atoms with Crippen LogP contribution in [0.4, 0.5) is 8.78 Å². The Hall–Kier alpha value is -0.960. The van der Waals surface area contributed by atoms with Crippen molar-refractivity contribution in [3.05, 3.63) is 34.9 Å². The molecule has 84 valence electrons. The van der Waals surface area contributed by atoms with E-state index in [1.807, 2.05) is 19.9 Å². The van der Waals surface area contributed by atoms with Crippen molar-refractivity contribution in [3.8, 4) is 0 Å². The van der Waals surface area contributed by atoms with Gasteiger partial charge in [0.2, 0.25) is 0 Å². The lowest BCUT2D eigenvalue weighted by Crippen LogP contribution is -2.08. The minimum Gasteiger partial charge on any atom is -0.382 e. The Bertz CT molecular complexity index is 323. The second-order valence-electron chi connectivity index (χ2n) is 3.51. The molecule has 1 unspecified atom stereocenters. The molecule has 0 aliphatic rings. The highest BCUT2D eigenvalue weighted by atomic mass is 19.3.